The quantitative estimate of drug-likeness (QED) is 0.200. The third kappa shape index (κ3) is 1.79. The van der Waals surface area contributed by atoms with E-state index < -0.39 is 0 Å². The van der Waals surface area contributed by atoms with Crippen LogP contribution in [0.2, 0.25) is 0 Å². The molecular formula is C26H16. The topological polar surface area (TPSA) is 0 Å². The van der Waals surface area contributed by atoms with Gasteiger partial charge in [0.25, 0.3) is 0 Å². The van der Waals surface area contributed by atoms with Crippen LogP contribution in [0.3, 0.4) is 0 Å². The minimum absolute atomic E-state index is 1.30. The highest BCUT2D eigenvalue weighted by atomic mass is 14.1. The van der Waals surface area contributed by atoms with E-state index in [4.69, 9.17) is 0 Å². The van der Waals surface area contributed by atoms with Gasteiger partial charge in [0.15, 0.2) is 0 Å². The molecule has 0 spiro atoms. The fraction of sp³-hybridized carbons (Fsp3) is 0. The molecule has 0 radical (unpaired) electrons. The Morgan fingerprint density at radius 1 is 0.308 bits per heavy atom. The fourth-order valence-corrected chi connectivity index (χ4v) is 4.41. The van der Waals surface area contributed by atoms with Gasteiger partial charge in [-0.15, -0.1) is 0 Å². The Morgan fingerprint density at radius 3 is 1.58 bits per heavy atom. The molecule has 0 amide bonds. The number of fused-ring (bicyclic) bond motifs is 9. The van der Waals surface area contributed by atoms with E-state index in [2.05, 4.69) is 97.1 Å². The Hall–Kier alpha value is -3.38. The highest BCUT2D eigenvalue weighted by Crippen LogP contribution is 2.40. The second-order valence-corrected chi connectivity index (χ2v) is 7.00. The Labute approximate surface area is 151 Å². The molecule has 0 nitrogen and oxygen atoms in total. The van der Waals surface area contributed by atoms with Crippen molar-refractivity contribution in [2.24, 2.45) is 0 Å². The average Bonchev–Trinajstić information content (AvgIpc) is 2.72. The average molecular weight is 328 g/mol. The van der Waals surface area contributed by atoms with Crippen molar-refractivity contribution in [2.45, 2.75) is 0 Å². The molecule has 0 saturated carbocycles. The van der Waals surface area contributed by atoms with Crippen molar-refractivity contribution >= 4 is 53.9 Å². The Balaban J connectivity index is 2.03. The van der Waals surface area contributed by atoms with Gasteiger partial charge < -0.3 is 0 Å². The predicted molar refractivity (Wildman–Crippen MR) is 114 cm³/mol. The summed E-state index contributed by atoms with van der Waals surface area (Å²) in [5.41, 5.74) is 0. The summed E-state index contributed by atoms with van der Waals surface area (Å²) in [5, 5.41) is 13.3. The zero-order valence-electron chi connectivity index (χ0n) is 14.2. The second-order valence-electron chi connectivity index (χ2n) is 7.00. The van der Waals surface area contributed by atoms with Crippen molar-refractivity contribution in [1.82, 2.24) is 0 Å². The van der Waals surface area contributed by atoms with Crippen LogP contribution in [0, 0.1) is 0 Å². The normalized spacial score (nSPS) is 11.8. The molecule has 0 saturated heterocycles. The molecule has 0 aliphatic rings. The van der Waals surface area contributed by atoms with E-state index in [9.17, 15) is 0 Å². The van der Waals surface area contributed by atoms with Gasteiger partial charge in [-0.1, -0.05) is 84.9 Å². The standard InChI is InChI=1S/C26H16/c1-2-9-19-16-25-24(15-18(19)8-1)22-12-6-5-11-21(22)23-14-13-17-7-3-4-10-20(17)26(23)25/h1-16H. The van der Waals surface area contributed by atoms with Crippen LogP contribution in [0.5, 0.6) is 0 Å². The van der Waals surface area contributed by atoms with Crippen molar-refractivity contribution < 1.29 is 0 Å². The molecule has 6 rings (SSSR count). The molecule has 26 heavy (non-hydrogen) atoms. The van der Waals surface area contributed by atoms with Crippen LogP contribution in [-0.4, -0.2) is 0 Å². The molecule has 6 aromatic rings. The molecule has 0 bridgehead atoms. The van der Waals surface area contributed by atoms with Gasteiger partial charge in [-0.3, -0.25) is 0 Å². The summed E-state index contributed by atoms with van der Waals surface area (Å²) in [6, 6.07) is 35.4. The number of rotatable bonds is 0. The van der Waals surface area contributed by atoms with E-state index in [0.717, 1.165) is 0 Å². The van der Waals surface area contributed by atoms with E-state index >= 15 is 0 Å². The molecule has 0 unspecified atom stereocenters. The van der Waals surface area contributed by atoms with Gasteiger partial charge >= 0.3 is 0 Å². The van der Waals surface area contributed by atoms with Gasteiger partial charge in [-0.2, -0.15) is 0 Å². The number of benzene rings is 6. The summed E-state index contributed by atoms with van der Waals surface area (Å²) in [6.45, 7) is 0. The van der Waals surface area contributed by atoms with Gasteiger partial charge in [0.05, 0.1) is 0 Å². The maximum absolute atomic E-state index is 2.37. The molecule has 0 aliphatic heterocycles. The molecule has 0 aliphatic carbocycles. The summed E-state index contributed by atoms with van der Waals surface area (Å²) in [7, 11) is 0. The predicted octanol–water partition coefficient (Wildman–Crippen LogP) is 7.45. The summed E-state index contributed by atoms with van der Waals surface area (Å²) in [6.07, 6.45) is 0. The lowest BCUT2D eigenvalue weighted by atomic mass is 9.90. The molecular weight excluding hydrogens is 312 g/mol. The lowest BCUT2D eigenvalue weighted by molar-refractivity contribution is 1.78. The van der Waals surface area contributed by atoms with Crippen LogP contribution >= 0.6 is 0 Å². The first kappa shape index (κ1) is 13.9. The first-order chi connectivity index (χ1) is 12.9. The SMILES string of the molecule is c1ccc2cc3c(cc2c1)c1ccccc1c1ccc2ccccc2c13. The molecule has 0 N–H and O–H groups in total. The molecule has 120 valence electrons. The Morgan fingerprint density at radius 2 is 0.846 bits per heavy atom. The first-order valence-corrected chi connectivity index (χ1v) is 9.05. The molecule has 0 fully saturated rings. The third-order valence-corrected chi connectivity index (χ3v) is 5.59. The van der Waals surface area contributed by atoms with Crippen LogP contribution in [0.15, 0.2) is 97.1 Å². The second kappa shape index (κ2) is 5.06. The zero-order valence-corrected chi connectivity index (χ0v) is 14.2. The fourth-order valence-electron chi connectivity index (χ4n) is 4.41. The summed E-state index contributed by atoms with van der Waals surface area (Å²) < 4.78 is 0. The van der Waals surface area contributed by atoms with Crippen LogP contribution in [0.4, 0.5) is 0 Å². The van der Waals surface area contributed by atoms with Gasteiger partial charge in [0, 0.05) is 0 Å². The van der Waals surface area contributed by atoms with Crippen LogP contribution in [0.25, 0.3) is 53.9 Å². The minimum Gasteiger partial charge on any atom is -0.0616 e. The van der Waals surface area contributed by atoms with Crippen molar-refractivity contribution in [3.8, 4) is 0 Å². The van der Waals surface area contributed by atoms with Gasteiger partial charge in [-0.05, 0) is 66.0 Å². The van der Waals surface area contributed by atoms with Crippen molar-refractivity contribution in [1.29, 1.82) is 0 Å². The first-order valence-electron chi connectivity index (χ1n) is 9.05. The maximum Gasteiger partial charge on any atom is -0.00201 e. The van der Waals surface area contributed by atoms with Crippen molar-refractivity contribution in [3.63, 3.8) is 0 Å². The van der Waals surface area contributed by atoms with E-state index in [1.54, 1.807) is 0 Å². The molecule has 6 aromatic carbocycles. The van der Waals surface area contributed by atoms with Gasteiger partial charge in [0.2, 0.25) is 0 Å². The maximum atomic E-state index is 2.37. The zero-order chi connectivity index (χ0) is 17.1. The van der Waals surface area contributed by atoms with Crippen LogP contribution in [0.1, 0.15) is 0 Å². The Kier molecular flexibility index (Phi) is 2.70. The lowest BCUT2D eigenvalue weighted by Crippen LogP contribution is -1.86. The Bertz CT molecular complexity index is 1440. The number of hydrogen-bond acceptors (Lipinski definition) is 0. The monoisotopic (exact) mass is 328 g/mol. The van der Waals surface area contributed by atoms with Crippen LogP contribution in [-0.2, 0) is 0 Å². The van der Waals surface area contributed by atoms with E-state index in [1.807, 2.05) is 0 Å². The third-order valence-electron chi connectivity index (χ3n) is 5.59. The lowest BCUT2D eigenvalue weighted by Gasteiger charge is -2.14. The van der Waals surface area contributed by atoms with Crippen molar-refractivity contribution in [3.05, 3.63) is 97.1 Å². The largest absolute Gasteiger partial charge is 0.0616 e. The van der Waals surface area contributed by atoms with Crippen LogP contribution < -0.4 is 0 Å². The highest BCUT2D eigenvalue weighted by Gasteiger charge is 2.11. The molecule has 0 aromatic heterocycles. The summed E-state index contributed by atoms with van der Waals surface area (Å²) in [4.78, 5) is 0. The number of hydrogen-bond donors (Lipinski definition) is 0. The minimum atomic E-state index is 1.30. The van der Waals surface area contributed by atoms with E-state index in [1.165, 1.54) is 53.9 Å². The van der Waals surface area contributed by atoms with Gasteiger partial charge in [0.1, 0.15) is 0 Å². The summed E-state index contributed by atoms with van der Waals surface area (Å²) >= 11 is 0. The van der Waals surface area contributed by atoms with Crippen molar-refractivity contribution in [2.75, 3.05) is 0 Å². The highest BCUT2D eigenvalue weighted by molar-refractivity contribution is 6.32. The molecule has 0 heteroatoms. The van der Waals surface area contributed by atoms with Gasteiger partial charge in [-0.25, -0.2) is 0 Å². The van der Waals surface area contributed by atoms with E-state index in [-0.39, 0.29) is 0 Å². The molecule has 0 atom stereocenters. The smallest absolute Gasteiger partial charge is 0.00201 e. The summed E-state index contributed by atoms with van der Waals surface area (Å²) in [5.74, 6) is 0. The van der Waals surface area contributed by atoms with E-state index in [0.29, 0.717) is 0 Å². The molecule has 0 heterocycles.